The summed E-state index contributed by atoms with van der Waals surface area (Å²) in [5.74, 6) is 0.908. The number of aryl methyl sites for hydroxylation is 1. The molecule has 0 fully saturated rings. The Balaban J connectivity index is 2.47. The van der Waals surface area contributed by atoms with E-state index in [2.05, 4.69) is 27.0 Å². The van der Waals surface area contributed by atoms with Gasteiger partial charge in [-0.25, -0.2) is 4.98 Å². The van der Waals surface area contributed by atoms with Gasteiger partial charge in [-0.3, -0.25) is 0 Å². The van der Waals surface area contributed by atoms with Crippen molar-refractivity contribution in [3.05, 3.63) is 40.6 Å². The Labute approximate surface area is 109 Å². The lowest BCUT2D eigenvalue weighted by molar-refractivity contribution is 0.708. The van der Waals surface area contributed by atoms with Crippen LogP contribution < -0.4 is 0 Å². The van der Waals surface area contributed by atoms with Gasteiger partial charge < -0.3 is 4.57 Å². The number of halogens is 1. The highest BCUT2D eigenvalue weighted by Crippen LogP contribution is 2.26. The molecule has 0 unspecified atom stereocenters. The average molecular weight is 290 g/mol. The van der Waals surface area contributed by atoms with Gasteiger partial charge in [0.25, 0.3) is 0 Å². The first-order valence-corrected chi connectivity index (χ1v) is 6.18. The lowest BCUT2D eigenvalue weighted by atomic mass is 10.2. The molecule has 0 radical (unpaired) electrons. The van der Waals surface area contributed by atoms with Crippen molar-refractivity contribution >= 4 is 15.9 Å². The maximum Gasteiger partial charge on any atom is 0.141 e. The predicted molar refractivity (Wildman–Crippen MR) is 70.3 cm³/mol. The topological polar surface area (TPSA) is 41.6 Å². The molecule has 86 valence electrons. The summed E-state index contributed by atoms with van der Waals surface area (Å²) < 4.78 is 2.99. The van der Waals surface area contributed by atoms with E-state index in [4.69, 9.17) is 5.26 Å². The van der Waals surface area contributed by atoms with Crippen molar-refractivity contribution in [2.75, 3.05) is 0 Å². The van der Waals surface area contributed by atoms with Gasteiger partial charge in [0.2, 0.25) is 0 Å². The molecule has 2 aromatic rings. The first-order chi connectivity index (χ1) is 8.24. The Hall–Kier alpha value is -1.60. The molecule has 0 spiro atoms. The van der Waals surface area contributed by atoms with Crippen LogP contribution in [0.5, 0.6) is 0 Å². The van der Waals surface area contributed by atoms with Crippen molar-refractivity contribution in [3.8, 4) is 17.5 Å². The molecule has 0 N–H and O–H groups in total. The molecule has 0 aliphatic heterocycles. The van der Waals surface area contributed by atoms with Gasteiger partial charge in [0, 0.05) is 12.1 Å². The van der Waals surface area contributed by atoms with Crippen LogP contribution in [-0.4, -0.2) is 9.55 Å². The molecule has 0 amide bonds. The second kappa shape index (κ2) is 5.15. The minimum Gasteiger partial charge on any atom is -0.317 e. The van der Waals surface area contributed by atoms with Crippen LogP contribution in [0.15, 0.2) is 34.9 Å². The van der Waals surface area contributed by atoms with Crippen LogP contribution in [0.1, 0.15) is 12.1 Å². The molecule has 0 aliphatic rings. The van der Waals surface area contributed by atoms with Crippen molar-refractivity contribution < 1.29 is 0 Å². The molecular weight excluding hydrogens is 278 g/mol. The fraction of sp³-hybridized carbons (Fsp3) is 0.231. The number of benzene rings is 1. The number of nitriles is 1. The largest absolute Gasteiger partial charge is 0.317 e. The molecular formula is C13H12BrN3. The molecule has 0 saturated heterocycles. The minimum atomic E-state index is 0.480. The number of aromatic nitrogens is 2. The Morgan fingerprint density at radius 1 is 1.35 bits per heavy atom. The fourth-order valence-electron chi connectivity index (χ4n) is 1.73. The summed E-state index contributed by atoms with van der Waals surface area (Å²) in [5.41, 5.74) is 2.01. The standard InChI is InChI=1S/C13H12BrN3/c1-10-12(14)17(9-5-8-15)13(16-10)11-6-3-2-4-7-11/h2-4,6-7H,5,9H2,1H3. The van der Waals surface area contributed by atoms with Gasteiger partial charge in [-0.1, -0.05) is 30.3 Å². The minimum absolute atomic E-state index is 0.480. The number of hydrogen-bond donors (Lipinski definition) is 0. The summed E-state index contributed by atoms with van der Waals surface area (Å²) in [6, 6.07) is 12.2. The lowest BCUT2D eigenvalue weighted by Crippen LogP contribution is -2.00. The Morgan fingerprint density at radius 2 is 2.06 bits per heavy atom. The average Bonchev–Trinajstić information content (AvgIpc) is 2.65. The Kier molecular flexibility index (Phi) is 3.60. The summed E-state index contributed by atoms with van der Waals surface area (Å²) in [6.07, 6.45) is 0.480. The first-order valence-electron chi connectivity index (χ1n) is 5.39. The maximum atomic E-state index is 8.69. The highest BCUT2D eigenvalue weighted by molar-refractivity contribution is 9.10. The third kappa shape index (κ3) is 2.40. The van der Waals surface area contributed by atoms with Gasteiger partial charge in [0.1, 0.15) is 10.4 Å². The number of hydrogen-bond acceptors (Lipinski definition) is 2. The second-order valence-electron chi connectivity index (χ2n) is 3.74. The normalized spacial score (nSPS) is 10.2. The highest BCUT2D eigenvalue weighted by atomic mass is 79.9. The zero-order valence-corrected chi connectivity index (χ0v) is 11.1. The highest BCUT2D eigenvalue weighted by Gasteiger charge is 2.13. The van der Waals surface area contributed by atoms with Crippen LogP contribution in [0, 0.1) is 18.3 Å². The second-order valence-corrected chi connectivity index (χ2v) is 4.49. The molecule has 0 aliphatic carbocycles. The van der Waals surface area contributed by atoms with Crippen LogP contribution in [-0.2, 0) is 6.54 Å². The van der Waals surface area contributed by atoms with Crippen LogP contribution in [0.2, 0.25) is 0 Å². The summed E-state index contributed by atoms with van der Waals surface area (Å²) in [4.78, 5) is 4.54. The van der Waals surface area contributed by atoms with Gasteiger partial charge in [-0.15, -0.1) is 0 Å². The summed E-state index contributed by atoms with van der Waals surface area (Å²) in [6.45, 7) is 2.61. The quantitative estimate of drug-likeness (QED) is 0.867. The number of rotatable bonds is 3. The van der Waals surface area contributed by atoms with E-state index in [9.17, 15) is 0 Å². The van der Waals surface area contributed by atoms with Gasteiger partial charge in [-0.05, 0) is 22.9 Å². The van der Waals surface area contributed by atoms with Gasteiger partial charge in [0.15, 0.2) is 0 Å². The van der Waals surface area contributed by atoms with Crippen LogP contribution >= 0.6 is 15.9 Å². The van der Waals surface area contributed by atoms with E-state index in [0.717, 1.165) is 21.7 Å². The zero-order chi connectivity index (χ0) is 12.3. The molecule has 2 rings (SSSR count). The third-order valence-corrected chi connectivity index (χ3v) is 3.55. The van der Waals surface area contributed by atoms with E-state index in [1.165, 1.54) is 0 Å². The Morgan fingerprint density at radius 3 is 2.71 bits per heavy atom. The van der Waals surface area contributed by atoms with Crippen molar-refractivity contribution in [3.63, 3.8) is 0 Å². The number of nitrogens with zero attached hydrogens (tertiary/aromatic N) is 3. The van der Waals surface area contributed by atoms with E-state index in [-0.39, 0.29) is 0 Å². The van der Waals surface area contributed by atoms with Crippen LogP contribution in [0.25, 0.3) is 11.4 Å². The summed E-state index contributed by atoms with van der Waals surface area (Å²) >= 11 is 3.52. The van der Waals surface area contributed by atoms with Gasteiger partial charge in [-0.2, -0.15) is 5.26 Å². The zero-order valence-electron chi connectivity index (χ0n) is 9.52. The van der Waals surface area contributed by atoms with Crippen molar-refractivity contribution in [1.82, 2.24) is 9.55 Å². The molecule has 0 saturated carbocycles. The lowest BCUT2D eigenvalue weighted by Gasteiger charge is -2.06. The third-order valence-electron chi connectivity index (χ3n) is 2.54. The molecule has 1 aromatic heterocycles. The monoisotopic (exact) mass is 289 g/mol. The molecule has 0 bridgehead atoms. The SMILES string of the molecule is Cc1nc(-c2ccccc2)n(CCC#N)c1Br. The van der Waals surface area contributed by atoms with E-state index >= 15 is 0 Å². The number of imidazole rings is 1. The molecule has 17 heavy (non-hydrogen) atoms. The Bertz CT molecular complexity index is 552. The van der Waals surface area contributed by atoms with E-state index in [1.54, 1.807) is 0 Å². The van der Waals surface area contributed by atoms with Gasteiger partial charge >= 0.3 is 0 Å². The molecule has 0 atom stereocenters. The van der Waals surface area contributed by atoms with Gasteiger partial charge in [0.05, 0.1) is 18.2 Å². The van der Waals surface area contributed by atoms with Crippen LogP contribution in [0.4, 0.5) is 0 Å². The molecule has 4 heteroatoms. The van der Waals surface area contributed by atoms with Crippen LogP contribution in [0.3, 0.4) is 0 Å². The maximum absolute atomic E-state index is 8.69. The van der Waals surface area contributed by atoms with E-state index in [1.807, 2.05) is 41.8 Å². The van der Waals surface area contributed by atoms with Crippen molar-refractivity contribution in [2.45, 2.75) is 19.9 Å². The first kappa shape index (κ1) is 11.9. The molecule has 1 heterocycles. The smallest absolute Gasteiger partial charge is 0.141 e. The van der Waals surface area contributed by atoms with Crippen molar-refractivity contribution in [2.24, 2.45) is 0 Å². The summed E-state index contributed by atoms with van der Waals surface area (Å²) in [7, 11) is 0. The predicted octanol–water partition coefficient (Wildman–Crippen LogP) is 3.53. The summed E-state index contributed by atoms with van der Waals surface area (Å²) in [5, 5.41) is 8.69. The molecule has 3 nitrogen and oxygen atoms in total. The van der Waals surface area contributed by atoms with Crippen molar-refractivity contribution in [1.29, 1.82) is 5.26 Å². The van der Waals surface area contributed by atoms with E-state index in [0.29, 0.717) is 13.0 Å². The fourth-order valence-corrected chi connectivity index (χ4v) is 2.16. The van der Waals surface area contributed by atoms with E-state index < -0.39 is 0 Å². The molecule has 1 aromatic carbocycles.